The highest BCUT2D eigenvalue weighted by molar-refractivity contribution is 8.00. The van der Waals surface area contributed by atoms with Gasteiger partial charge < -0.3 is 5.32 Å². The summed E-state index contributed by atoms with van der Waals surface area (Å²) in [6, 6.07) is 8.44. The fraction of sp³-hybridized carbons (Fsp3) is 0.333. The quantitative estimate of drug-likeness (QED) is 0.698. The third-order valence-electron chi connectivity index (χ3n) is 3.70. The van der Waals surface area contributed by atoms with Crippen molar-refractivity contribution in [1.82, 2.24) is 14.7 Å². The van der Waals surface area contributed by atoms with E-state index < -0.39 is 0 Å². The maximum atomic E-state index is 12.0. The molecule has 1 amide bonds. The molecule has 0 saturated carbocycles. The zero-order valence-electron chi connectivity index (χ0n) is 14.1. The van der Waals surface area contributed by atoms with Gasteiger partial charge in [0.15, 0.2) is 4.96 Å². The standard InChI is InChI=1S/C18H21N3OS2/c1-18(2,3)13-4-6-15(7-5-13)24-12-16(22)19-10-14-11-21-8-9-23-17(21)20-14/h4-9,11H,10,12H2,1-3H3,(H,19,22). The van der Waals surface area contributed by atoms with Crippen molar-refractivity contribution in [2.24, 2.45) is 0 Å². The number of aromatic nitrogens is 2. The molecule has 126 valence electrons. The largest absolute Gasteiger partial charge is 0.350 e. The first kappa shape index (κ1) is 17.0. The zero-order chi connectivity index (χ0) is 17.2. The monoisotopic (exact) mass is 359 g/mol. The molecule has 2 aromatic heterocycles. The maximum Gasteiger partial charge on any atom is 0.230 e. The normalized spacial score (nSPS) is 11.8. The van der Waals surface area contributed by atoms with Crippen molar-refractivity contribution in [2.75, 3.05) is 5.75 Å². The summed E-state index contributed by atoms with van der Waals surface area (Å²) in [5.74, 6) is 0.438. The number of hydrogen-bond donors (Lipinski definition) is 1. The second-order valence-electron chi connectivity index (χ2n) is 6.66. The minimum absolute atomic E-state index is 0.0243. The van der Waals surface area contributed by atoms with Gasteiger partial charge in [-0.15, -0.1) is 23.1 Å². The Bertz CT molecular complexity index is 799. The van der Waals surface area contributed by atoms with Gasteiger partial charge >= 0.3 is 0 Å². The Morgan fingerprint density at radius 3 is 2.71 bits per heavy atom. The van der Waals surface area contributed by atoms with Gasteiger partial charge in [-0.05, 0) is 23.1 Å². The number of amides is 1. The van der Waals surface area contributed by atoms with Crippen LogP contribution in [0.4, 0.5) is 0 Å². The van der Waals surface area contributed by atoms with Crippen LogP contribution in [0.15, 0.2) is 46.9 Å². The number of fused-ring (bicyclic) bond motifs is 1. The molecule has 0 aliphatic rings. The second kappa shape index (κ2) is 6.99. The Morgan fingerprint density at radius 2 is 2.04 bits per heavy atom. The summed E-state index contributed by atoms with van der Waals surface area (Å²) in [7, 11) is 0. The van der Waals surface area contributed by atoms with Gasteiger partial charge in [0, 0.05) is 22.7 Å². The van der Waals surface area contributed by atoms with Crippen LogP contribution in [0.2, 0.25) is 0 Å². The fourth-order valence-corrected chi connectivity index (χ4v) is 3.75. The molecule has 3 rings (SSSR count). The minimum Gasteiger partial charge on any atom is -0.350 e. The maximum absolute atomic E-state index is 12.0. The van der Waals surface area contributed by atoms with E-state index in [1.807, 2.05) is 22.2 Å². The second-order valence-corrected chi connectivity index (χ2v) is 8.59. The molecule has 1 aromatic carbocycles. The Kier molecular flexibility index (Phi) is 4.96. The van der Waals surface area contributed by atoms with Gasteiger partial charge in [0.25, 0.3) is 0 Å². The van der Waals surface area contributed by atoms with Crippen LogP contribution in [0, 0.1) is 0 Å². The van der Waals surface area contributed by atoms with E-state index in [2.05, 4.69) is 55.3 Å². The Balaban J connectivity index is 1.47. The van der Waals surface area contributed by atoms with Gasteiger partial charge in [-0.1, -0.05) is 32.9 Å². The predicted octanol–water partition coefficient (Wildman–Crippen LogP) is 4.10. The molecule has 0 fully saturated rings. The van der Waals surface area contributed by atoms with Crippen molar-refractivity contribution < 1.29 is 4.79 Å². The third-order valence-corrected chi connectivity index (χ3v) is 5.48. The van der Waals surface area contributed by atoms with E-state index in [-0.39, 0.29) is 11.3 Å². The number of carbonyl (C=O) groups excluding carboxylic acids is 1. The lowest BCUT2D eigenvalue weighted by Gasteiger charge is -2.19. The average Bonchev–Trinajstić information content (AvgIpc) is 3.11. The predicted molar refractivity (Wildman–Crippen MR) is 101 cm³/mol. The van der Waals surface area contributed by atoms with Gasteiger partial charge in [-0.3, -0.25) is 9.20 Å². The number of hydrogen-bond acceptors (Lipinski definition) is 4. The Labute approximate surface area is 150 Å². The van der Waals surface area contributed by atoms with Crippen LogP contribution < -0.4 is 5.32 Å². The highest BCUT2D eigenvalue weighted by Crippen LogP contribution is 2.25. The van der Waals surface area contributed by atoms with Crippen molar-refractivity contribution in [1.29, 1.82) is 0 Å². The molecule has 2 heterocycles. The van der Waals surface area contributed by atoms with Crippen LogP contribution in [0.5, 0.6) is 0 Å². The highest BCUT2D eigenvalue weighted by Gasteiger charge is 2.13. The van der Waals surface area contributed by atoms with Crippen molar-refractivity contribution in [3.05, 3.63) is 53.3 Å². The van der Waals surface area contributed by atoms with Crippen LogP contribution in [0.1, 0.15) is 32.0 Å². The van der Waals surface area contributed by atoms with E-state index in [9.17, 15) is 4.79 Å². The molecule has 0 unspecified atom stereocenters. The first-order valence-electron chi connectivity index (χ1n) is 7.83. The molecule has 0 aliphatic carbocycles. The molecular formula is C18H21N3OS2. The highest BCUT2D eigenvalue weighted by atomic mass is 32.2. The lowest BCUT2D eigenvalue weighted by Crippen LogP contribution is -2.24. The summed E-state index contributed by atoms with van der Waals surface area (Å²) in [5, 5.41) is 4.92. The summed E-state index contributed by atoms with van der Waals surface area (Å²) in [4.78, 5) is 18.5. The number of thiazole rings is 1. The Hall–Kier alpha value is -1.79. The molecule has 0 atom stereocenters. The molecule has 24 heavy (non-hydrogen) atoms. The van der Waals surface area contributed by atoms with E-state index in [1.54, 1.807) is 23.1 Å². The molecule has 0 radical (unpaired) electrons. The zero-order valence-corrected chi connectivity index (χ0v) is 15.7. The van der Waals surface area contributed by atoms with E-state index in [0.717, 1.165) is 15.6 Å². The van der Waals surface area contributed by atoms with Gasteiger partial charge in [-0.2, -0.15) is 0 Å². The number of imidazole rings is 1. The number of nitrogens with one attached hydrogen (secondary N) is 1. The van der Waals surface area contributed by atoms with E-state index in [1.165, 1.54) is 5.56 Å². The van der Waals surface area contributed by atoms with Crippen molar-refractivity contribution in [2.45, 2.75) is 37.6 Å². The van der Waals surface area contributed by atoms with Crippen LogP contribution in [0.25, 0.3) is 4.96 Å². The summed E-state index contributed by atoms with van der Waals surface area (Å²) in [6.45, 7) is 7.06. The molecule has 0 aliphatic heterocycles. The molecule has 0 spiro atoms. The van der Waals surface area contributed by atoms with Crippen molar-refractivity contribution >= 4 is 34.0 Å². The first-order chi connectivity index (χ1) is 11.4. The summed E-state index contributed by atoms with van der Waals surface area (Å²) < 4.78 is 1.97. The molecule has 3 aromatic rings. The number of thioether (sulfide) groups is 1. The molecule has 1 N–H and O–H groups in total. The number of carbonyl (C=O) groups is 1. The van der Waals surface area contributed by atoms with Gasteiger partial charge in [0.1, 0.15) is 0 Å². The molecule has 0 saturated heterocycles. The summed E-state index contributed by atoms with van der Waals surface area (Å²) >= 11 is 3.14. The molecule has 4 nitrogen and oxygen atoms in total. The lowest BCUT2D eigenvalue weighted by atomic mass is 9.87. The minimum atomic E-state index is 0.0243. The number of rotatable bonds is 5. The molecular weight excluding hydrogens is 338 g/mol. The van der Waals surface area contributed by atoms with Gasteiger partial charge in [0.05, 0.1) is 18.0 Å². The van der Waals surface area contributed by atoms with Crippen LogP contribution in [-0.4, -0.2) is 21.0 Å². The lowest BCUT2D eigenvalue weighted by molar-refractivity contribution is -0.118. The van der Waals surface area contributed by atoms with Crippen LogP contribution in [-0.2, 0) is 16.8 Å². The SMILES string of the molecule is CC(C)(C)c1ccc(SCC(=O)NCc2cn3ccsc3n2)cc1. The fourth-order valence-electron chi connectivity index (χ4n) is 2.30. The smallest absolute Gasteiger partial charge is 0.230 e. The van der Waals surface area contributed by atoms with Gasteiger partial charge in [-0.25, -0.2) is 4.98 Å². The van der Waals surface area contributed by atoms with Crippen LogP contribution in [0.3, 0.4) is 0 Å². The summed E-state index contributed by atoms with van der Waals surface area (Å²) in [5.41, 5.74) is 2.34. The van der Waals surface area contributed by atoms with Gasteiger partial charge in [0.2, 0.25) is 5.91 Å². The van der Waals surface area contributed by atoms with Crippen LogP contribution >= 0.6 is 23.1 Å². The Morgan fingerprint density at radius 1 is 1.29 bits per heavy atom. The topological polar surface area (TPSA) is 46.4 Å². The average molecular weight is 360 g/mol. The van der Waals surface area contributed by atoms with Crippen molar-refractivity contribution in [3.63, 3.8) is 0 Å². The van der Waals surface area contributed by atoms with E-state index in [4.69, 9.17) is 0 Å². The number of nitrogens with zero attached hydrogens (tertiary/aromatic N) is 2. The number of benzene rings is 1. The third kappa shape index (κ3) is 4.19. The molecule has 6 heteroatoms. The molecule has 0 bridgehead atoms. The van der Waals surface area contributed by atoms with Crippen molar-refractivity contribution in [3.8, 4) is 0 Å². The summed E-state index contributed by atoms with van der Waals surface area (Å²) in [6.07, 6.45) is 3.92. The first-order valence-corrected chi connectivity index (χ1v) is 9.69. The van der Waals surface area contributed by atoms with E-state index in [0.29, 0.717) is 12.3 Å². The van der Waals surface area contributed by atoms with E-state index >= 15 is 0 Å².